The largest absolute Gasteiger partial charge is 0.396 e. The van der Waals surface area contributed by atoms with Crippen molar-refractivity contribution >= 4 is 0 Å². The third-order valence-electron chi connectivity index (χ3n) is 14.2. The summed E-state index contributed by atoms with van der Waals surface area (Å²) >= 11 is 0. The third kappa shape index (κ3) is 2.86. The summed E-state index contributed by atoms with van der Waals surface area (Å²) in [5, 5.41) is 10.5. The molecule has 0 amide bonds. The number of hydrogen-bond acceptors (Lipinski definition) is 2. The Morgan fingerprint density at radius 1 is 0.879 bits per heavy atom. The van der Waals surface area contributed by atoms with Gasteiger partial charge in [0.1, 0.15) is 0 Å². The van der Waals surface area contributed by atoms with Crippen LogP contribution >= 0.6 is 0 Å². The molecule has 0 bridgehead atoms. The standard InChI is InChI=1S/C31H53NO/c1-8-31-16-11-21(20(2)3)26(31)22-9-10-24-27(4)14-13-25(32)28(5,19-33)23(27)12-15-30(24,7)29(22,6)17-18-31/h21-26,33H,2,8-19,32H2,1,3-7H3. The zero-order chi connectivity index (χ0) is 24.0. The van der Waals surface area contributed by atoms with Crippen LogP contribution in [0.2, 0.25) is 0 Å². The molecule has 0 saturated heterocycles. The van der Waals surface area contributed by atoms with E-state index in [0.717, 1.165) is 30.1 Å². The summed E-state index contributed by atoms with van der Waals surface area (Å²) in [5.41, 5.74) is 9.75. The number of hydrogen-bond donors (Lipinski definition) is 2. The van der Waals surface area contributed by atoms with Crippen LogP contribution in [0.25, 0.3) is 0 Å². The van der Waals surface area contributed by atoms with E-state index in [0.29, 0.717) is 27.6 Å². The third-order valence-corrected chi connectivity index (χ3v) is 14.2. The molecule has 5 aliphatic carbocycles. The Labute approximate surface area is 204 Å². The summed E-state index contributed by atoms with van der Waals surface area (Å²) in [5.74, 6) is 3.77. The fourth-order valence-electron chi connectivity index (χ4n) is 12.0. The fraction of sp³-hybridized carbons (Fsp3) is 0.935. The number of nitrogens with two attached hydrogens (primary N) is 1. The lowest BCUT2D eigenvalue weighted by Crippen LogP contribution is -2.68. The lowest BCUT2D eigenvalue weighted by atomic mass is 9.32. The minimum Gasteiger partial charge on any atom is -0.396 e. The van der Waals surface area contributed by atoms with Crippen molar-refractivity contribution in [3.63, 3.8) is 0 Å². The molecule has 0 aliphatic heterocycles. The molecule has 3 N–H and O–H groups in total. The molecule has 188 valence electrons. The van der Waals surface area contributed by atoms with E-state index in [1.54, 1.807) is 0 Å². The van der Waals surface area contributed by atoms with Crippen LogP contribution in [0.4, 0.5) is 0 Å². The molecule has 5 aliphatic rings. The van der Waals surface area contributed by atoms with Crippen LogP contribution in [0.5, 0.6) is 0 Å². The SMILES string of the molecule is C=C(C)C1CCC2(CC)CCC3(C)C(CCC4C5(C)CCC(N)C(C)(CO)C5CCC43C)C12. The molecule has 0 spiro atoms. The van der Waals surface area contributed by atoms with Gasteiger partial charge in [-0.15, -0.1) is 0 Å². The Kier molecular flexibility index (Phi) is 5.60. The predicted octanol–water partition coefficient (Wildman–Crippen LogP) is 7.35. The van der Waals surface area contributed by atoms with Crippen molar-refractivity contribution in [1.82, 2.24) is 0 Å². The number of aliphatic hydroxyl groups excluding tert-OH is 1. The van der Waals surface area contributed by atoms with Crippen molar-refractivity contribution in [3.8, 4) is 0 Å². The Balaban J connectivity index is 1.55. The van der Waals surface area contributed by atoms with Gasteiger partial charge < -0.3 is 10.8 Å². The van der Waals surface area contributed by atoms with E-state index in [1.165, 1.54) is 69.8 Å². The van der Waals surface area contributed by atoms with E-state index < -0.39 is 0 Å². The van der Waals surface area contributed by atoms with Gasteiger partial charge in [0.05, 0.1) is 6.61 Å². The topological polar surface area (TPSA) is 46.2 Å². The molecule has 11 atom stereocenters. The molecule has 0 aromatic carbocycles. The highest BCUT2D eigenvalue weighted by Gasteiger charge is 2.70. The molecule has 2 heteroatoms. The van der Waals surface area contributed by atoms with Crippen LogP contribution in [0.15, 0.2) is 12.2 Å². The lowest BCUT2D eigenvalue weighted by Gasteiger charge is -2.73. The second-order valence-electron chi connectivity index (χ2n) is 14.7. The first kappa shape index (κ1) is 24.4. The smallest absolute Gasteiger partial charge is 0.0502 e. The summed E-state index contributed by atoms with van der Waals surface area (Å²) in [7, 11) is 0. The van der Waals surface area contributed by atoms with Gasteiger partial charge in [0.2, 0.25) is 0 Å². The monoisotopic (exact) mass is 455 g/mol. The van der Waals surface area contributed by atoms with Crippen molar-refractivity contribution < 1.29 is 5.11 Å². The quantitative estimate of drug-likeness (QED) is 0.437. The van der Waals surface area contributed by atoms with Crippen LogP contribution < -0.4 is 5.73 Å². The molecule has 5 saturated carbocycles. The maximum absolute atomic E-state index is 10.5. The molecule has 2 nitrogen and oxygen atoms in total. The van der Waals surface area contributed by atoms with Gasteiger partial charge in [-0.2, -0.15) is 0 Å². The van der Waals surface area contributed by atoms with E-state index >= 15 is 0 Å². The first-order chi connectivity index (χ1) is 15.4. The molecule has 0 radical (unpaired) electrons. The summed E-state index contributed by atoms with van der Waals surface area (Å²) in [6.07, 6.45) is 14.8. The molecular weight excluding hydrogens is 402 g/mol. The van der Waals surface area contributed by atoms with Gasteiger partial charge >= 0.3 is 0 Å². The van der Waals surface area contributed by atoms with Crippen LogP contribution in [-0.2, 0) is 0 Å². The van der Waals surface area contributed by atoms with Crippen molar-refractivity contribution in [2.24, 2.45) is 62.4 Å². The molecule has 11 unspecified atom stereocenters. The summed E-state index contributed by atoms with van der Waals surface area (Å²) in [6.45, 7) is 20.0. The second kappa shape index (κ2) is 7.58. The first-order valence-corrected chi connectivity index (χ1v) is 14.5. The first-order valence-electron chi connectivity index (χ1n) is 14.5. The second-order valence-corrected chi connectivity index (χ2v) is 14.7. The van der Waals surface area contributed by atoms with Gasteiger partial charge in [0, 0.05) is 11.5 Å². The molecule has 5 rings (SSSR count). The molecule has 33 heavy (non-hydrogen) atoms. The van der Waals surface area contributed by atoms with Gasteiger partial charge in [0.25, 0.3) is 0 Å². The number of rotatable bonds is 3. The van der Waals surface area contributed by atoms with E-state index in [9.17, 15) is 5.11 Å². The lowest BCUT2D eigenvalue weighted by molar-refractivity contribution is -0.242. The van der Waals surface area contributed by atoms with Crippen LogP contribution in [0, 0.1) is 56.7 Å². The minimum absolute atomic E-state index is 0.119. The van der Waals surface area contributed by atoms with Gasteiger partial charge in [-0.1, -0.05) is 53.2 Å². The Hall–Kier alpha value is -0.340. The van der Waals surface area contributed by atoms with E-state index in [1.807, 2.05) is 0 Å². The minimum atomic E-state index is -0.119. The summed E-state index contributed by atoms with van der Waals surface area (Å²) < 4.78 is 0. The molecule has 0 aromatic rings. The van der Waals surface area contributed by atoms with E-state index in [2.05, 4.69) is 48.1 Å². The fourth-order valence-corrected chi connectivity index (χ4v) is 12.0. The van der Waals surface area contributed by atoms with Crippen LogP contribution in [0.3, 0.4) is 0 Å². The highest BCUT2D eigenvalue weighted by atomic mass is 16.3. The maximum atomic E-state index is 10.5. The summed E-state index contributed by atoms with van der Waals surface area (Å²) in [4.78, 5) is 0. The highest BCUT2D eigenvalue weighted by Crippen LogP contribution is 2.77. The molecule has 0 aromatic heterocycles. The summed E-state index contributed by atoms with van der Waals surface area (Å²) in [6, 6.07) is 0.145. The Morgan fingerprint density at radius 2 is 1.61 bits per heavy atom. The highest BCUT2D eigenvalue weighted by molar-refractivity contribution is 5.21. The Bertz CT molecular complexity index is 807. The zero-order valence-corrected chi connectivity index (χ0v) is 22.7. The normalized spacial score (nSPS) is 58.1. The zero-order valence-electron chi connectivity index (χ0n) is 22.7. The number of allylic oxidation sites excluding steroid dienone is 1. The molecular formula is C31H53NO. The average molecular weight is 456 g/mol. The van der Waals surface area contributed by atoms with Gasteiger partial charge in [0.15, 0.2) is 0 Å². The van der Waals surface area contributed by atoms with E-state index in [4.69, 9.17) is 5.73 Å². The van der Waals surface area contributed by atoms with Gasteiger partial charge in [-0.05, 0) is 122 Å². The van der Waals surface area contributed by atoms with Crippen molar-refractivity contribution in [2.75, 3.05) is 6.61 Å². The van der Waals surface area contributed by atoms with Crippen LogP contribution in [0.1, 0.15) is 112 Å². The molecule has 5 fully saturated rings. The van der Waals surface area contributed by atoms with Crippen molar-refractivity contribution in [3.05, 3.63) is 12.2 Å². The predicted molar refractivity (Wildman–Crippen MR) is 139 cm³/mol. The van der Waals surface area contributed by atoms with Crippen LogP contribution in [-0.4, -0.2) is 17.8 Å². The Morgan fingerprint density at radius 3 is 2.24 bits per heavy atom. The van der Waals surface area contributed by atoms with Gasteiger partial charge in [-0.25, -0.2) is 0 Å². The molecule has 0 heterocycles. The average Bonchev–Trinajstić information content (AvgIpc) is 3.17. The van der Waals surface area contributed by atoms with Crippen molar-refractivity contribution in [1.29, 1.82) is 0 Å². The van der Waals surface area contributed by atoms with E-state index in [-0.39, 0.29) is 18.1 Å². The van der Waals surface area contributed by atoms with Gasteiger partial charge in [-0.3, -0.25) is 0 Å². The number of fused-ring (bicyclic) bond motifs is 7. The maximum Gasteiger partial charge on any atom is 0.0502 e. The number of aliphatic hydroxyl groups is 1. The van der Waals surface area contributed by atoms with Crippen molar-refractivity contribution in [2.45, 2.75) is 118 Å².